The maximum Gasteiger partial charge on any atom is 0.254 e. The molecular weight excluding hydrogens is 340 g/mol. The van der Waals surface area contributed by atoms with Crippen molar-refractivity contribution in [2.45, 2.75) is 6.92 Å². The number of hydrogen-bond donors (Lipinski definition) is 0. The standard InChI is InChI=1S/C21H20N4O2/c1-15(26)24-10-12-25(13-11-24)21(27)18-14-20(16-6-8-22-9-7-16)23-19-5-3-2-4-17(18)19/h2-9,14H,10-13H2,1H3. The minimum atomic E-state index is -0.0212. The van der Waals surface area contributed by atoms with Crippen LogP contribution >= 0.6 is 0 Å². The third-order valence-corrected chi connectivity index (χ3v) is 4.93. The number of rotatable bonds is 2. The zero-order valence-corrected chi connectivity index (χ0v) is 15.1. The summed E-state index contributed by atoms with van der Waals surface area (Å²) in [4.78, 5) is 37.1. The van der Waals surface area contributed by atoms with Gasteiger partial charge in [-0.3, -0.25) is 14.6 Å². The Labute approximate surface area is 157 Å². The lowest BCUT2D eigenvalue weighted by Crippen LogP contribution is -2.50. The van der Waals surface area contributed by atoms with Crippen LogP contribution in [0.15, 0.2) is 54.9 Å². The van der Waals surface area contributed by atoms with Crippen LogP contribution in [-0.4, -0.2) is 57.8 Å². The van der Waals surface area contributed by atoms with Gasteiger partial charge in [0.2, 0.25) is 5.91 Å². The second-order valence-corrected chi connectivity index (χ2v) is 6.61. The molecule has 1 saturated heterocycles. The highest BCUT2D eigenvalue weighted by molar-refractivity contribution is 6.07. The molecule has 0 N–H and O–H groups in total. The van der Waals surface area contributed by atoms with Crippen LogP contribution in [0.25, 0.3) is 22.2 Å². The zero-order chi connectivity index (χ0) is 18.8. The highest BCUT2D eigenvalue weighted by Gasteiger charge is 2.25. The third kappa shape index (κ3) is 3.38. The van der Waals surface area contributed by atoms with Crippen molar-refractivity contribution < 1.29 is 9.59 Å². The summed E-state index contributed by atoms with van der Waals surface area (Å²) < 4.78 is 0. The molecule has 6 heteroatoms. The molecule has 27 heavy (non-hydrogen) atoms. The number of amides is 2. The van der Waals surface area contributed by atoms with Gasteiger partial charge in [-0.2, -0.15) is 0 Å². The normalized spacial score (nSPS) is 14.4. The lowest BCUT2D eigenvalue weighted by atomic mass is 10.0. The Kier molecular flexibility index (Phi) is 4.54. The fourth-order valence-corrected chi connectivity index (χ4v) is 3.42. The SMILES string of the molecule is CC(=O)N1CCN(C(=O)c2cc(-c3ccncc3)nc3ccccc23)CC1. The fraction of sp³-hybridized carbons (Fsp3) is 0.238. The van der Waals surface area contributed by atoms with E-state index in [1.54, 1.807) is 24.2 Å². The molecule has 1 aliphatic heterocycles. The van der Waals surface area contributed by atoms with Crippen molar-refractivity contribution in [2.75, 3.05) is 26.2 Å². The summed E-state index contributed by atoms with van der Waals surface area (Å²) in [5.74, 6) is 0.0311. The molecule has 0 atom stereocenters. The van der Waals surface area contributed by atoms with Crippen LogP contribution in [0, 0.1) is 0 Å². The first kappa shape index (κ1) is 17.1. The van der Waals surface area contributed by atoms with E-state index in [-0.39, 0.29) is 11.8 Å². The monoisotopic (exact) mass is 360 g/mol. The quantitative estimate of drug-likeness (QED) is 0.705. The average molecular weight is 360 g/mol. The zero-order valence-electron chi connectivity index (χ0n) is 15.1. The maximum atomic E-state index is 13.3. The molecule has 1 aliphatic rings. The van der Waals surface area contributed by atoms with Gasteiger partial charge in [-0.15, -0.1) is 0 Å². The van der Waals surface area contributed by atoms with Crippen LogP contribution in [0.4, 0.5) is 0 Å². The summed E-state index contributed by atoms with van der Waals surface area (Å²) in [6, 6.07) is 13.3. The summed E-state index contributed by atoms with van der Waals surface area (Å²) in [5.41, 5.74) is 3.11. The molecular formula is C21H20N4O2. The lowest BCUT2D eigenvalue weighted by molar-refractivity contribution is -0.130. The number of nitrogens with zero attached hydrogens (tertiary/aromatic N) is 4. The number of benzene rings is 1. The molecule has 1 fully saturated rings. The molecule has 2 aromatic heterocycles. The topological polar surface area (TPSA) is 66.4 Å². The van der Waals surface area contributed by atoms with Gasteiger partial charge >= 0.3 is 0 Å². The van der Waals surface area contributed by atoms with E-state index in [1.807, 2.05) is 47.4 Å². The minimum Gasteiger partial charge on any atom is -0.339 e. The largest absolute Gasteiger partial charge is 0.339 e. The van der Waals surface area contributed by atoms with Gasteiger partial charge in [-0.05, 0) is 24.3 Å². The van der Waals surface area contributed by atoms with Crippen molar-refractivity contribution in [3.05, 3.63) is 60.4 Å². The number of aromatic nitrogens is 2. The molecule has 3 aromatic rings. The predicted octanol–water partition coefficient (Wildman–Crippen LogP) is 2.60. The molecule has 1 aromatic carbocycles. The van der Waals surface area contributed by atoms with E-state index in [2.05, 4.69) is 4.98 Å². The van der Waals surface area contributed by atoms with Crippen molar-refractivity contribution in [2.24, 2.45) is 0 Å². The molecule has 0 saturated carbocycles. The Morgan fingerprint density at radius 3 is 2.30 bits per heavy atom. The highest BCUT2D eigenvalue weighted by atomic mass is 16.2. The van der Waals surface area contributed by atoms with Gasteiger partial charge in [0.05, 0.1) is 16.8 Å². The first-order chi connectivity index (χ1) is 13.1. The molecule has 6 nitrogen and oxygen atoms in total. The lowest BCUT2D eigenvalue weighted by Gasteiger charge is -2.34. The van der Waals surface area contributed by atoms with E-state index in [1.165, 1.54) is 0 Å². The molecule has 0 radical (unpaired) electrons. The molecule has 3 heterocycles. The summed E-state index contributed by atoms with van der Waals surface area (Å²) in [5, 5.41) is 0.842. The van der Waals surface area contributed by atoms with Crippen LogP contribution in [0.5, 0.6) is 0 Å². The van der Waals surface area contributed by atoms with Gasteiger partial charge < -0.3 is 9.80 Å². The predicted molar refractivity (Wildman–Crippen MR) is 103 cm³/mol. The number of carbonyl (C=O) groups is 2. The number of para-hydroxylation sites is 1. The van der Waals surface area contributed by atoms with Crippen LogP contribution in [0.1, 0.15) is 17.3 Å². The molecule has 4 rings (SSSR count). The molecule has 0 unspecified atom stereocenters. The number of piperazine rings is 1. The van der Waals surface area contributed by atoms with E-state index >= 15 is 0 Å². The maximum absolute atomic E-state index is 13.3. The second-order valence-electron chi connectivity index (χ2n) is 6.61. The summed E-state index contributed by atoms with van der Waals surface area (Å²) >= 11 is 0. The van der Waals surface area contributed by atoms with E-state index in [0.29, 0.717) is 31.7 Å². The highest BCUT2D eigenvalue weighted by Crippen LogP contribution is 2.26. The summed E-state index contributed by atoms with van der Waals surface area (Å²) in [7, 11) is 0. The molecule has 0 bridgehead atoms. The first-order valence-corrected chi connectivity index (χ1v) is 8.98. The minimum absolute atomic E-state index is 0.0212. The van der Waals surface area contributed by atoms with E-state index in [4.69, 9.17) is 4.98 Å². The molecule has 136 valence electrons. The summed E-state index contributed by atoms with van der Waals surface area (Å²) in [6.45, 7) is 3.79. The van der Waals surface area contributed by atoms with E-state index < -0.39 is 0 Å². The molecule has 0 aliphatic carbocycles. The van der Waals surface area contributed by atoms with Gasteiger partial charge in [0.25, 0.3) is 5.91 Å². The number of carbonyl (C=O) groups excluding carboxylic acids is 2. The van der Waals surface area contributed by atoms with Gasteiger partial charge in [-0.1, -0.05) is 18.2 Å². The van der Waals surface area contributed by atoms with Gasteiger partial charge in [0.15, 0.2) is 0 Å². The molecule has 2 amide bonds. The Bertz CT molecular complexity index is 995. The molecule has 0 spiro atoms. The number of hydrogen-bond acceptors (Lipinski definition) is 4. The fourth-order valence-electron chi connectivity index (χ4n) is 3.42. The van der Waals surface area contributed by atoms with Crippen molar-refractivity contribution in [3.63, 3.8) is 0 Å². The smallest absolute Gasteiger partial charge is 0.254 e. The van der Waals surface area contributed by atoms with Crippen LogP contribution in [-0.2, 0) is 4.79 Å². The Balaban J connectivity index is 1.72. The van der Waals surface area contributed by atoms with Gasteiger partial charge in [0, 0.05) is 56.4 Å². The van der Waals surface area contributed by atoms with Crippen molar-refractivity contribution in [1.82, 2.24) is 19.8 Å². The van der Waals surface area contributed by atoms with E-state index in [0.717, 1.165) is 22.2 Å². The Morgan fingerprint density at radius 1 is 0.926 bits per heavy atom. The van der Waals surface area contributed by atoms with Gasteiger partial charge in [0.1, 0.15) is 0 Å². The van der Waals surface area contributed by atoms with Crippen LogP contribution in [0.2, 0.25) is 0 Å². The Morgan fingerprint density at radius 2 is 1.59 bits per heavy atom. The van der Waals surface area contributed by atoms with Crippen molar-refractivity contribution >= 4 is 22.7 Å². The average Bonchev–Trinajstić information content (AvgIpc) is 2.73. The van der Waals surface area contributed by atoms with Crippen LogP contribution in [0.3, 0.4) is 0 Å². The number of pyridine rings is 2. The first-order valence-electron chi connectivity index (χ1n) is 8.98. The Hall–Kier alpha value is -3.28. The third-order valence-electron chi connectivity index (χ3n) is 4.93. The van der Waals surface area contributed by atoms with Crippen molar-refractivity contribution in [3.8, 4) is 11.3 Å². The second kappa shape index (κ2) is 7.15. The number of fused-ring (bicyclic) bond motifs is 1. The summed E-state index contributed by atoms with van der Waals surface area (Å²) in [6.07, 6.45) is 3.43. The van der Waals surface area contributed by atoms with Gasteiger partial charge in [-0.25, -0.2) is 4.98 Å². The van der Waals surface area contributed by atoms with E-state index in [9.17, 15) is 9.59 Å². The van der Waals surface area contributed by atoms with Crippen LogP contribution < -0.4 is 0 Å². The van der Waals surface area contributed by atoms with Crippen molar-refractivity contribution in [1.29, 1.82) is 0 Å².